The second-order valence-corrected chi connectivity index (χ2v) is 11.9. The lowest BCUT2D eigenvalue weighted by Gasteiger charge is -2.45. The first-order valence-electron chi connectivity index (χ1n) is 12.8. The van der Waals surface area contributed by atoms with Crippen LogP contribution >= 0.6 is 0 Å². The Hall–Kier alpha value is -2.57. The molecular formula is C28H45N3O4. The molecule has 0 aliphatic heterocycles. The molecule has 0 heterocycles. The lowest BCUT2D eigenvalue weighted by atomic mass is 9.86. The monoisotopic (exact) mass is 487 g/mol. The van der Waals surface area contributed by atoms with Crippen LogP contribution in [-0.4, -0.2) is 46.0 Å². The number of carbonyl (C=O) groups excluding carboxylic acids is 3. The first-order valence-corrected chi connectivity index (χ1v) is 12.8. The van der Waals surface area contributed by atoms with E-state index in [1.165, 1.54) is 0 Å². The van der Waals surface area contributed by atoms with Crippen molar-refractivity contribution in [2.45, 2.75) is 117 Å². The van der Waals surface area contributed by atoms with E-state index < -0.39 is 29.3 Å². The summed E-state index contributed by atoms with van der Waals surface area (Å²) in [5.41, 5.74) is 0.644. The Balaban J connectivity index is 2.53. The zero-order valence-corrected chi connectivity index (χ0v) is 23.0. The molecule has 7 nitrogen and oxygen atoms in total. The van der Waals surface area contributed by atoms with Gasteiger partial charge in [0.15, 0.2) is 0 Å². The standard InChI is InChI=1S/C28H45N3O4/c1-10-19(3)22(29-26(34)35-28(7,8)9)25(33)31(21-15-12-16-21)23(24(32)30-27(4,5)6)20-14-11-13-18(2)17-20/h11,13-14,17,19,21-23H,10,12,15-16H2,1-9H3,(H,29,34)(H,30,32). The zero-order chi connectivity index (χ0) is 26.6. The van der Waals surface area contributed by atoms with Crippen molar-refractivity contribution in [3.8, 4) is 0 Å². The van der Waals surface area contributed by atoms with Crippen LogP contribution in [0.15, 0.2) is 24.3 Å². The first kappa shape index (κ1) is 28.7. The number of nitrogens with zero attached hydrogens (tertiary/aromatic N) is 1. The average molecular weight is 488 g/mol. The predicted molar refractivity (Wildman–Crippen MR) is 139 cm³/mol. The molecule has 7 heteroatoms. The smallest absolute Gasteiger partial charge is 0.408 e. The Morgan fingerprint density at radius 1 is 1.11 bits per heavy atom. The Kier molecular flexibility index (Phi) is 9.37. The van der Waals surface area contributed by atoms with E-state index in [9.17, 15) is 14.4 Å². The van der Waals surface area contributed by atoms with E-state index >= 15 is 0 Å². The van der Waals surface area contributed by atoms with Crippen LogP contribution in [0.3, 0.4) is 0 Å². The number of carbonyl (C=O) groups is 3. The number of rotatable bonds is 8. The third-order valence-corrected chi connectivity index (χ3v) is 6.26. The minimum atomic E-state index is -0.801. The fraction of sp³-hybridized carbons (Fsp3) is 0.679. The van der Waals surface area contributed by atoms with Gasteiger partial charge >= 0.3 is 6.09 Å². The van der Waals surface area contributed by atoms with Crippen molar-refractivity contribution in [2.24, 2.45) is 5.92 Å². The van der Waals surface area contributed by atoms with Gasteiger partial charge in [-0.2, -0.15) is 0 Å². The van der Waals surface area contributed by atoms with Gasteiger partial charge in [-0.25, -0.2) is 4.79 Å². The molecular weight excluding hydrogens is 442 g/mol. The largest absolute Gasteiger partial charge is 0.444 e. The zero-order valence-electron chi connectivity index (χ0n) is 23.0. The summed E-state index contributed by atoms with van der Waals surface area (Å²) in [7, 11) is 0. The number of benzene rings is 1. The molecule has 35 heavy (non-hydrogen) atoms. The summed E-state index contributed by atoms with van der Waals surface area (Å²) in [5, 5.41) is 5.91. The molecule has 1 aliphatic rings. The predicted octanol–water partition coefficient (Wildman–Crippen LogP) is 5.27. The van der Waals surface area contributed by atoms with Gasteiger partial charge in [-0.3, -0.25) is 9.59 Å². The molecule has 0 saturated heterocycles. The molecule has 3 amide bonds. The van der Waals surface area contributed by atoms with Gasteiger partial charge in [-0.05, 0) is 79.2 Å². The molecule has 0 spiro atoms. The minimum Gasteiger partial charge on any atom is -0.444 e. The highest BCUT2D eigenvalue weighted by atomic mass is 16.6. The Morgan fingerprint density at radius 2 is 1.74 bits per heavy atom. The van der Waals surface area contributed by atoms with Crippen LogP contribution in [0.4, 0.5) is 4.79 Å². The molecule has 0 bridgehead atoms. The fourth-order valence-corrected chi connectivity index (χ4v) is 4.18. The lowest BCUT2D eigenvalue weighted by molar-refractivity contribution is -0.149. The summed E-state index contributed by atoms with van der Waals surface area (Å²) in [6, 6.07) is 6.10. The highest BCUT2D eigenvalue weighted by Gasteiger charge is 2.43. The summed E-state index contributed by atoms with van der Waals surface area (Å²) in [6.07, 6.45) is 2.72. The number of alkyl carbamates (subject to hydrolysis) is 1. The van der Waals surface area contributed by atoms with Gasteiger partial charge in [0, 0.05) is 11.6 Å². The highest BCUT2D eigenvalue weighted by Crippen LogP contribution is 2.35. The van der Waals surface area contributed by atoms with E-state index in [1.54, 1.807) is 25.7 Å². The molecule has 1 aliphatic carbocycles. The van der Waals surface area contributed by atoms with E-state index in [1.807, 2.05) is 65.8 Å². The maximum Gasteiger partial charge on any atom is 0.408 e. The number of amides is 3. The molecule has 196 valence electrons. The summed E-state index contributed by atoms with van der Waals surface area (Å²) in [6.45, 7) is 17.1. The van der Waals surface area contributed by atoms with Crippen LogP contribution < -0.4 is 10.6 Å². The fourth-order valence-electron chi connectivity index (χ4n) is 4.18. The topological polar surface area (TPSA) is 87.7 Å². The van der Waals surface area contributed by atoms with E-state index in [-0.39, 0.29) is 23.8 Å². The second kappa shape index (κ2) is 11.4. The van der Waals surface area contributed by atoms with Crippen molar-refractivity contribution in [3.05, 3.63) is 35.4 Å². The third-order valence-electron chi connectivity index (χ3n) is 6.26. The summed E-state index contributed by atoms with van der Waals surface area (Å²) < 4.78 is 5.47. The Bertz CT molecular complexity index is 896. The van der Waals surface area contributed by atoms with E-state index in [4.69, 9.17) is 4.74 Å². The highest BCUT2D eigenvalue weighted by molar-refractivity contribution is 5.92. The van der Waals surface area contributed by atoms with E-state index in [2.05, 4.69) is 10.6 Å². The number of hydrogen-bond donors (Lipinski definition) is 2. The van der Waals surface area contributed by atoms with Crippen LogP contribution in [0.5, 0.6) is 0 Å². The maximum absolute atomic E-state index is 14.2. The van der Waals surface area contributed by atoms with Crippen molar-refractivity contribution < 1.29 is 19.1 Å². The number of hydrogen-bond acceptors (Lipinski definition) is 4. The van der Waals surface area contributed by atoms with Gasteiger partial charge in [0.2, 0.25) is 11.8 Å². The van der Waals surface area contributed by atoms with Crippen molar-refractivity contribution in [3.63, 3.8) is 0 Å². The van der Waals surface area contributed by atoms with Crippen molar-refractivity contribution in [2.75, 3.05) is 0 Å². The maximum atomic E-state index is 14.2. The average Bonchev–Trinajstić information content (AvgIpc) is 2.66. The Morgan fingerprint density at radius 3 is 2.20 bits per heavy atom. The third kappa shape index (κ3) is 8.25. The van der Waals surface area contributed by atoms with Crippen LogP contribution in [-0.2, 0) is 14.3 Å². The van der Waals surface area contributed by atoms with Crippen LogP contribution in [0, 0.1) is 12.8 Å². The second-order valence-electron chi connectivity index (χ2n) is 11.9. The molecule has 0 radical (unpaired) electrons. The Labute approximate surface area is 211 Å². The molecule has 2 rings (SSSR count). The van der Waals surface area contributed by atoms with Gasteiger partial charge < -0.3 is 20.3 Å². The van der Waals surface area contributed by atoms with Gasteiger partial charge in [0.25, 0.3) is 0 Å². The molecule has 3 atom stereocenters. The quantitative estimate of drug-likeness (QED) is 0.523. The van der Waals surface area contributed by atoms with Crippen LogP contribution in [0.2, 0.25) is 0 Å². The summed E-state index contributed by atoms with van der Waals surface area (Å²) in [5.74, 6) is -0.601. The van der Waals surface area contributed by atoms with Gasteiger partial charge in [-0.15, -0.1) is 0 Å². The van der Waals surface area contributed by atoms with Crippen molar-refractivity contribution in [1.82, 2.24) is 15.5 Å². The summed E-state index contributed by atoms with van der Waals surface area (Å²) in [4.78, 5) is 42.4. The van der Waals surface area contributed by atoms with Gasteiger partial charge in [-0.1, -0.05) is 50.1 Å². The van der Waals surface area contributed by atoms with Crippen molar-refractivity contribution in [1.29, 1.82) is 0 Å². The molecule has 1 saturated carbocycles. The number of ether oxygens (including phenoxy) is 1. The molecule has 0 aromatic heterocycles. The number of nitrogens with one attached hydrogen (secondary N) is 2. The molecule has 3 unspecified atom stereocenters. The minimum absolute atomic E-state index is 0.0641. The molecule has 1 fully saturated rings. The van der Waals surface area contributed by atoms with Crippen LogP contribution in [0.25, 0.3) is 0 Å². The molecule has 1 aromatic carbocycles. The lowest BCUT2D eigenvalue weighted by Crippen LogP contribution is -2.60. The molecule has 2 N–H and O–H groups in total. The number of aryl methyl sites for hydroxylation is 1. The van der Waals surface area contributed by atoms with Crippen LogP contribution in [0.1, 0.15) is 98.2 Å². The first-order chi connectivity index (χ1) is 16.1. The SMILES string of the molecule is CCC(C)C(NC(=O)OC(C)(C)C)C(=O)N(C1CCC1)C(C(=O)NC(C)(C)C)c1cccc(C)c1. The molecule has 1 aromatic rings. The normalized spacial score (nSPS) is 16.9. The van der Waals surface area contributed by atoms with Gasteiger partial charge in [0.05, 0.1) is 0 Å². The van der Waals surface area contributed by atoms with Gasteiger partial charge in [0.1, 0.15) is 17.7 Å². The summed E-state index contributed by atoms with van der Waals surface area (Å²) >= 11 is 0. The van der Waals surface area contributed by atoms with Crippen molar-refractivity contribution >= 4 is 17.9 Å². The van der Waals surface area contributed by atoms with E-state index in [0.29, 0.717) is 6.42 Å². The van der Waals surface area contributed by atoms with E-state index in [0.717, 1.165) is 30.4 Å².